The molecule has 2 heteroatoms. The lowest BCUT2D eigenvalue weighted by Gasteiger charge is -2.37. The third-order valence-electron chi connectivity index (χ3n) is 3.98. The van der Waals surface area contributed by atoms with Crippen LogP contribution in [0.4, 0.5) is 0 Å². The highest BCUT2D eigenvalue weighted by Gasteiger charge is 2.23. The molecule has 0 saturated carbocycles. The maximum absolute atomic E-state index is 3.64. The Kier molecular flexibility index (Phi) is 8.93. The van der Waals surface area contributed by atoms with E-state index in [4.69, 9.17) is 0 Å². The van der Waals surface area contributed by atoms with Gasteiger partial charge in [0.2, 0.25) is 0 Å². The third-order valence-corrected chi connectivity index (χ3v) is 3.98. The van der Waals surface area contributed by atoms with Gasteiger partial charge in [0.25, 0.3) is 0 Å². The molecule has 0 heterocycles. The van der Waals surface area contributed by atoms with Gasteiger partial charge in [-0.05, 0) is 67.0 Å². The van der Waals surface area contributed by atoms with Crippen LogP contribution in [0, 0.1) is 5.92 Å². The molecule has 0 aliphatic rings. The van der Waals surface area contributed by atoms with Gasteiger partial charge >= 0.3 is 0 Å². The Morgan fingerprint density at radius 2 is 1.58 bits per heavy atom. The van der Waals surface area contributed by atoms with Crippen LogP contribution in [0.25, 0.3) is 0 Å². The Morgan fingerprint density at radius 3 is 2.00 bits per heavy atom. The largest absolute Gasteiger partial charge is 0.312 e. The zero-order chi connectivity index (χ0) is 15.1. The van der Waals surface area contributed by atoms with Gasteiger partial charge in [0.15, 0.2) is 0 Å². The molecule has 2 nitrogen and oxygen atoms in total. The maximum Gasteiger partial charge on any atom is 0.0107 e. The molecular weight excluding hydrogens is 232 g/mol. The minimum absolute atomic E-state index is 0.221. The van der Waals surface area contributed by atoms with Gasteiger partial charge < -0.3 is 5.32 Å². The highest BCUT2D eigenvalue weighted by atomic mass is 15.2. The minimum Gasteiger partial charge on any atom is -0.312 e. The molecule has 0 aromatic carbocycles. The zero-order valence-electron chi connectivity index (χ0n) is 14.7. The number of hydrogen-bond donors (Lipinski definition) is 1. The van der Waals surface area contributed by atoms with Crippen molar-refractivity contribution in [2.45, 2.75) is 92.3 Å². The molecule has 0 aromatic heterocycles. The van der Waals surface area contributed by atoms with Crippen LogP contribution >= 0.6 is 0 Å². The van der Waals surface area contributed by atoms with E-state index >= 15 is 0 Å². The molecule has 0 fully saturated rings. The Balaban J connectivity index is 4.32. The van der Waals surface area contributed by atoms with Crippen molar-refractivity contribution in [2.24, 2.45) is 5.92 Å². The molecule has 0 spiro atoms. The maximum atomic E-state index is 3.64. The highest BCUT2D eigenvalue weighted by Crippen LogP contribution is 2.16. The molecule has 0 aliphatic carbocycles. The van der Waals surface area contributed by atoms with E-state index in [2.05, 4.69) is 65.6 Å². The Hall–Kier alpha value is -0.0800. The zero-order valence-corrected chi connectivity index (χ0v) is 14.7. The van der Waals surface area contributed by atoms with Gasteiger partial charge in [-0.1, -0.05) is 26.7 Å². The second kappa shape index (κ2) is 8.97. The lowest BCUT2D eigenvalue weighted by atomic mass is 9.98. The molecule has 0 saturated heterocycles. The van der Waals surface area contributed by atoms with Crippen molar-refractivity contribution >= 4 is 0 Å². The van der Waals surface area contributed by atoms with Gasteiger partial charge in [-0.15, -0.1) is 0 Å². The lowest BCUT2D eigenvalue weighted by Crippen LogP contribution is -2.47. The average molecular weight is 271 g/mol. The number of nitrogens with zero attached hydrogens (tertiary/aromatic N) is 1. The van der Waals surface area contributed by atoms with Crippen LogP contribution in [-0.2, 0) is 0 Å². The Labute approximate surface area is 122 Å². The first-order chi connectivity index (χ1) is 8.69. The summed E-state index contributed by atoms with van der Waals surface area (Å²) >= 11 is 0. The van der Waals surface area contributed by atoms with Crippen LogP contribution in [0.2, 0.25) is 0 Å². The monoisotopic (exact) mass is 270 g/mol. The van der Waals surface area contributed by atoms with Crippen LogP contribution in [0.15, 0.2) is 0 Å². The van der Waals surface area contributed by atoms with Gasteiger partial charge in [0, 0.05) is 17.6 Å². The number of unbranched alkanes of at least 4 members (excludes halogenated alkanes) is 2. The summed E-state index contributed by atoms with van der Waals surface area (Å²) in [7, 11) is 0. The summed E-state index contributed by atoms with van der Waals surface area (Å²) in [5.74, 6) is 0.684. The number of hydrogen-bond acceptors (Lipinski definition) is 2. The van der Waals surface area contributed by atoms with Crippen LogP contribution < -0.4 is 5.32 Å². The molecule has 0 radical (unpaired) electrons. The van der Waals surface area contributed by atoms with E-state index in [-0.39, 0.29) is 5.54 Å². The quantitative estimate of drug-likeness (QED) is 0.628. The summed E-state index contributed by atoms with van der Waals surface area (Å²) in [6, 6.07) is 1.29. The first kappa shape index (κ1) is 18.9. The van der Waals surface area contributed by atoms with E-state index in [9.17, 15) is 0 Å². The smallest absolute Gasteiger partial charge is 0.0107 e. The average Bonchev–Trinajstić information content (AvgIpc) is 2.29. The molecule has 116 valence electrons. The van der Waals surface area contributed by atoms with Crippen LogP contribution in [0.5, 0.6) is 0 Å². The summed E-state index contributed by atoms with van der Waals surface area (Å²) in [4.78, 5) is 2.67. The van der Waals surface area contributed by atoms with Gasteiger partial charge in [-0.25, -0.2) is 0 Å². The molecule has 0 amide bonds. The lowest BCUT2D eigenvalue weighted by molar-refractivity contribution is 0.118. The summed E-state index contributed by atoms with van der Waals surface area (Å²) in [5.41, 5.74) is 0.221. The SMILES string of the molecule is CCCCCN(C(C)C)C(C)C(C)CNC(C)(C)C. The molecule has 2 unspecified atom stereocenters. The van der Waals surface area contributed by atoms with Crippen molar-refractivity contribution in [1.82, 2.24) is 10.2 Å². The standard InChI is InChI=1S/C17H38N2/c1-9-10-11-12-19(14(2)3)16(5)15(4)13-18-17(6,7)8/h14-16,18H,9-13H2,1-8H3. The van der Waals surface area contributed by atoms with Gasteiger partial charge in [-0.2, -0.15) is 0 Å². The molecule has 0 aliphatic heterocycles. The van der Waals surface area contributed by atoms with Crippen molar-refractivity contribution in [2.75, 3.05) is 13.1 Å². The van der Waals surface area contributed by atoms with Gasteiger partial charge in [0.05, 0.1) is 0 Å². The summed E-state index contributed by atoms with van der Waals surface area (Å²) in [5, 5.41) is 3.64. The second-order valence-electron chi connectivity index (χ2n) is 7.39. The summed E-state index contributed by atoms with van der Waals surface area (Å²) in [6.07, 6.45) is 3.99. The minimum atomic E-state index is 0.221. The Bertz CT molecular complexity index is 218. The molecule has 1 N–H and O–H groups in total. The van der Waals surface area contributed by atoms with Gasteiger partial charge in [-0.3, -0.25) is 4.90 Å². The van der Waals surface area contributed by atoms with Crippen molar-refractivity contribution < 1.29 is 0 Å². The van der Waals surface area contributed by atoms with Crippen LogP contribution in [0.3, 0.4) is 0 Å². The highest BCUT2D eigenvalue weighted by molar-refractivity contribution is 4.80. The van der Waals surface area contributed by atoms with E-state index in [0.717, 1.165) is 6.54 Å². The molecule has 0 bridgehead atoms. The first-order valence-corrected chi connectivity index (χ1v) is 8.19. The predicted octanol–water partition coefficient (Wildman–Crippen LogP) is 4.30. The third kappa shape index (κ3) is 8.65. The van der Waals surface area contributed by atoms with E-state index < -0.39 is 0 Å². The van der Waals surface area contributed by atoms with E-state index in [0.29, 0.717) is 18.0 Å². The van der Waals surface area contributed by atoms with E-state index in [1.54, 1.807) is 0 Å². The van der Waals surface area contributed by atoms with Crippen molar-refractivity contribution in [3.63, 3.8) is 0 Å². The van der Waals surface area contributed by atoms with Crippen molar-refractivity contribution in [3.05, 3.63) is 0 Å². The number of rotatable bonds is 9. The molecule has 0 rings (SSSR count). The molecular formula is C17H38N2. The topological polar surface area (TPSA) is 15.3 Å². The first-order valence-electron chi connectivity index (χ1n) is 8.19. The number of nitrogens with one attached hydrogen (secondary N) is 1. The summed E-state index contributed by atoms with van der Waals surface area (Å²) < 4.78 is 0. The van der Waals surface area contributed by atoms with Crippen LogP contribution in [-0.4, -0.2) is 35.6 Å². The normalized spacial score (nSPS) is 16.1. The second-order valence-corrected chi connectivity index (χ2v) is 7.39. The molecule has 19 heavy (non-hydrogen) atoms. The van der Waals surface area contributed by atoms with E-state index in [1.807, 2.05) is 0 Å². The van der Waals surface area contributed by atoms with Crippen LogP contribution in [0.1, 0.15) is 74.7 Å². The fourth-order valence-corrected chi connectivity index (χ4v) is 2.44. The predicted molar refractivity (Wildman–Crippen MR) is 87.7 cm³/mol. The van der Waals surface area contributed by atoms with Gasteiger partial charge in [0.1, 0.15) is 0 Å². The molecule has 2 atom stereocenters. The fourth-order valence-electron chi connectivity index (χ4n) is 2.44. The Morgan fingerprint density at radius 1 is 1.00 bits per heavy atom. The summed E-state index contributed by atoms with van der Waals surface area (Å²) in [6.45, 7) is 20.8. The van der Waals surface area contributed by atoms with Crippen molar-refractivity contribution in [1.29, 1.82) is 0 Å². The molecule has 0 aromatic rings. The fraction of sp³-hybridized carbons (Fsp3) is 1.00. The van der Waals surface area contributed by atoms with E-state index in [1.165, 1.54) is 25.8 Å². The van der Waals surface area contributed by atoms with Crippen molar-refractivity contribution in [3.8, 4) is 0 Å².